The third kappa shape index (κ3) is 2.58. The molecular weight excluding hydrogens is 230 g/mol. The number of phenols is 1. The Labute approximate surface area is 99.0 Å². The van der Waals surface area contributed by atoms with Gasteiger partial charge in [0, 0.05) is 0 Å². The molecule has 1 aromatic rings. The number of nitrogens with two attached hydrogens (primary N) is 1. The number of rotatable bonds is 3. The summed E-state index contributed by atoms with van der Waals surface area (Å²) in [5.74, 6) is -0.967. The summed E-state index contributed by atoms with van der Waals surface area (Å²) in [5.41, 5.74) is 6.32. The molecule has 1 rings (SSSR count). The normalized spacial score (nSPS) is 12.2. The molecule has 0 saturated carbocycles. The second kappa shape index (κ2) is 5.07. The highest BCUT2D eigenvalue weighted by Gasteiger charge is 2.18. The first-order valence-corrected chi connectivity index (χ1v) is 5.29. The number of anilines is 1. The van der Waals surface area contributed by atoms with Gasteiger partial charge in [0.25, 0.3) is 0 Å². The van der Waals surface area contributed by atoms with Gasteiger partial charge < -0.3 is 15.6 Å². The highest BCUT2D eigenvalue weighted by Crippen LogP contribution is 2.33. The zero-order valence-electron chi connectivity index (χ0n) is 9.16. The third-order valence-corrected chi connectivity index (χ3v) is 2.54. The van der Waals surface area contributed by atoms with Gasteiger partial charge in [0.05, 0.1) is 23.2 Å². The molecule has 0 aliphatic carbocycles. The quantitative estimate of drug-likeness (QED) is 0.485. The summed E-state index contributed by atoms with van der Waals surface area (Å²) in [6.07, 6.45) is 0. The van der Waals surface area contributed by atoms with E-state index >= 15 is 0 Å². The van der Waals surface area contributed by atoms with Crippen molar-refractivity contribution in [2.24, 2.45) is 0 Å². The number of hydrogen-bond donors (Lipinski definition) is 2. The van der Waals surface area contributed by atoms with Gasteiger partial charge in [-0.05, 0) is 31.5 Å². The minimum Gasteiger partial charge on any atom is -0.504 e. The average Bonchev–Trinajstić information content (AvgIpc) is 2.24. The van der Waals surface area contributed by atoms with Gasteiger partial charge in [0.1, 0.15) is 0 Å². The number of hydrogen-bond acceptors (Lipinski definition) is 4. The second-order valence-electron chi connectivity index (χ2n) is 3.41. The molecule has 88 valence electrons. The number of nitrogen functional groups attached to an aromatic ring is 1. The molecule has 0 aromatic heterocycles. The lowest BCUT2D eigenvalue weighted by Gasteiger charge is -2.12. The summed E-state index contributed by atoms with van der Waals surface area (Å²) >= 11 is 5.76. The van der Waals surface area contributed by atoms with Crippen LogP contribution >= 0.6 is 11.6 Å². The van der Waals surface area contributed by atoms with E-state index in [1.807, 2.05) is 0 Å². The highest BCUT2D eigenvalue weighted by atomic mass is 35.5. The number of aromatic hydroxyl groups is 1. The first-order valence-electron chi connectivity index (χ1n) is 4.91. The molecule has 4 nitrogen and oxygen atoms in total. The molecule has 0 radical (unpaired) electrons. The van der Waals surface area contributed by atoms with Crippen LogP contribution in [0.3, 0.4) is 0 Å². The van der Waals surface area contributed by atoms with Gasteiger partial charge in [-0.25, -0.2) is 0 Å². The number of carbonyl (C=O) groups excluding carboxylic acids is 1. The van der Waals surface area contributed by atoms with Crippen molar-refractivity contribution in [3.05, 3.63) is 22.7 Å². The van der Waals surface area contributed by atoms with E-state index in [2.05, 4.69) is 0 Å². The number of esters is 1. The maximum absolute atomic E-state index is 11.5. The van der Waals surface area contributed by atoms with Crippen molar-refractivity contribution in [2.45, 2.75) is 19.8 Å². The Morgan fingerprint density at radius 1 is 1.62 bits per heavy atom. The first kappa shape index (κ1) is 12.6. The molecule has 0 spiro atoms. The van der Waals surface area contributed by atoms with Gasteiger partial charge in [-0.2, -0.15) is 0 Å². The van der Waals surface area contributed by atoms with Crippen molar-refractivity contribution in [3.8, 4) is 5.75 Å². The van der Waals surface area contributed by atoms with Crippen LogP contribution in [-0.4, -0.2) is 17.7 Å². The van der Waals surface area contributed by atoms with Gasteiger partial charge in [0.2, 0.25) is 0 Å². The van der Waals surface area contributed by atoms with Gasteiger partial charge in [0.15, 0.2) is 5.75 Å². The van der Waals surface area contributed by atoms with Crippen molar-refractivity contribution < 1.29 is 14.6 Å². The average molecular weight is 244 g/mol. The molecule has 1 aromatic carbocycles. The van der Waals surface area contributed by atoms with E-state index in [-0.39, 0.29) is 22.4 Å². The molecule has 0 saturated heterocycles. The lowest BCUT2D eigenvalue weighted by atomic mass is 10.0. The largest absolute Gasteiger partial charge is 0.504 e. The molecule has 0 bridgehead atoms. The van der Waals surface area contributed by atoms with Crippen LogP contribution in [0.15, 0.2) is 12.1 Å². The lowest BCUT2D eigenvalue weighted by Crippen LogP contribution is -2.13. The van der Waals surface area contributed by atoms with Gasteiger partial charge in [-0.1, -0.05) is 11.6 Å². The maximum atomic E-state index is 11.5. The van der Waals surface area contributed by atoms with Gasteiger partial charge >= 0.3 is 5.97 Å². The number of halogens is 1. The third-order valence-electron chi connectivity index (χ3n) is 2.26. The molecule has 0 aliphatic rings. The van der Waals surface area contributed by atoms with E-state index in [0.29, 0.717) is 12.2 Å². The Kier molecular flexibility index (Phi) is 4.01. The zero-order chi connectivity index (χ0) is 12.3. The standard InChI is InChI=1S/C11H14ClNO3/c1-3-16-11(15)6(2)7-4-8(12)10(14)9(13)5-7/h4-6,14H,3,13H2,1-2H3. The molecule has 5 heteroatoms. The van der Waals surface area contributed by atoms with Crippen LogP contribution in [0.2, 0.25) is 5.02 Å². The minimum absolute atomic E-state index is 0.131. The highest BCUT2D eigenvalue weighted by molar-refractivity contribution is 6.32. The fraction of sp³-hybridized carbons (Fsp3) is 0.364. The van der Waals surface area contributed by atoms with E-state index in [1.54, 1.807) is 13.8 Å². The van der Waals surface area contributed by atoms with E-state index in [0.717, 1.165) is 0 Å². The summed E-state index contributed by atoms with van der Waals surface area (Å²) < 4.78 is 4.88. The predicted octanol–water partition coefficient (Wildman–Crippen LogP) is 2.29. The molecule has 16 heavy (non-hydrogen) atoms. The Hall–Kier alpha value is -1.42. The Morgan fingerprint density at radius 2 is 2.25 bits per heavy atom. The van der Waals surface area contributed by atoms with Crippen LogP contribution in [0.1, 0.15) is 25.3 Å². The summed E-state index contributed by atoms with van der Waals surface area (Å²) in [4.78, 5) is 11.5. The molecular formula is C11H14ClNO3. The lowest BCUT2D eigenvalue weighted by molar-refractivity contribution is -0.144. The van der Waals surface area contributed by atoms with Crippen LogP contribution in [0.5, 0.6) is 5.75 Å². The minimum atomic E-state index is -0.458. The second-order valence-corrected chi connectivity index (χ2v) is 3.82. The monoisotopic (exact) mass is 243 g/mol. The van der Waals surface area contributed by atoms with E-state index in [9.17, 15) is 9.90 Å². The Balaban J connectivity index is 3.01. The molecule has 0 aliphatic heterocycles. The topological polar surface area (TPSA) is 72.5 Å². The SMILES string of the molecule is CCOC(=O)C(C)c1cc(N)c(O)c(Cl)c1. The smallest absolute Gasteiger partial charge is 0.313 e. The molecule has 0 heterocycles. The summed E-state index contributed by atoms with van der Waals surface area (Å²) in [6.45, 7) is 3.76. The van der Waals surface area contributed by atoms with Crippen LogP contribution in [0.25, 0.3) is 0 Å². The Morgan fingerprint density at radius 3 is 2.75 bits per heavy atom. The molecule has 1 atom stereocenters. The van der Waals surface area contributed by atoms with E-state index in [1.165, 1.54) is 12.1 Å². The van der Waals surface area contributed by atoms with E-state index in [4.69, 9.17) is 22.1 Å². The zero-order valence-corrected chi connectivity index (χ0v) is 9.91. The van der Waals surface area contributed by atoms with Gasteiger partial charge in [-0.15, -0.1) is 0 Å². The van der Waals surface area contributed by atoms with Crippen LogP contribution in [-0.2, 0) is 9.53 Å². The van der Waals surface area contributed by atoms with Crippen LogP contribution in [0.4, 0.5) is 5.69 Å². The fourth-order valence-electron chi connectivity index (χ4n) is 1.30. The summed E-state index contributed by atoms with van der Waals surface area (Å²) in [6, 6.07) is 3.03. The van der Waals surface area contributed by atoms with Crippen molar-refractivity contribution in [1.29, 1.82) is 0 Å². The van der Waals surface area contributed by atoms with Crippen LogP contribution < -0.4 is 5.73 Å². The van der Waals surface area contributed by atoms with Crippen molar-refractivity contribution >= 4 is 23.3 Å². The van der Waals surface area contributed by atoms with Crippen molar-refractivity contribution in [2.75, 3.05) is 12.3 Å². The number of benzene rings is 1. The molecule has 0 amide bonds. The van der Waals surface area contributed by atoms with E-state index < -0.39 is 5.92 Å². The predicted molar refractivity (Wildman–Crippen MR) is 62.6 cm³/mol. The number of ether oxygens (including phenoxy) is 1. The number of phenolic OH excluding ortho intramolecular Hbond substituents is 1. The first-order chi connectivity index (χ1) is 7.47. The molecule has 3 N–H and O–H groups in total. The maximum Gasteiger partial charge on any atom is 0.313 e. The summed E-state index contributed by atoms with van der Waals surface area (Å²) in [7, 11) is 0. The Bertz CT molecular complexity index is 383. The van der Waals surface area contributed by atoms with Crippen molar-refractivity contribution in [3.63, 3.8) is 0 Å². The van der Waals surface area contributed by atoms with Gasteiger partial charge in [-0.3, -0.25) is 4.79 Å². The fourth-order valence-corrected chi connectivity index (χ4v) is 1.53. The molecule has 0 fully saturated rings. The number of carbonyl (C=O) groups is 1. The molecule has 1 unspecified atom stereocenters. The van der Waals surface area contributed by atoms with Crippen LogP contribution in [0, 0.1) is 0 Å². The van der Waals surface area contributed by atoms with Crippen molar-refractivity contribution in [1.82, 2.24) is 0 Å². The summed E-state index contributed by atoms with van der Waals surface area (Å²) in [5, 5.41) is 9.51.